The Kier molecular flexibility index (Phi) is 4.66. The molecule has 62 valence electrons. The molecule has 3 N–H and O–H groups in total. The van der Waals surface area contributed by atoms with Gasteiger partial charge in [-0.15, -0.1) is 12.4 Å². The second kappa shape index (κ2) is 4.99. The maximum absolute atomic E-state index is 8.89. The van der Waals surface area contributed by atoms with Gasteiger partial charge in [0.1, 0.15) is 5.75 Å². The largest absolute Gasteiger partial charge is 0.508 e. The third-order valence-electron chi connectivity index (χ3n) is 1.37. The number of phenolic OH excluding ortho intramolecular Hbond substituents is 1. The van der Waals surface area contributed by atoms with Crippen LogP contribution in [-0.2, 0) is 6.42 Å². The minimum atomic E-state index is 0. The first kappa shape index (κ1) is 10.3. The van der Waals surface area contributed by atoms with Gasteiger partial charge in [0.2, 0.25) is 0 Å². The molecular weight excluding hydrogens is 164 g/mol. The number of halogens is 1. The number of aromatic hydroxyl groups is 1. The Hall–Kier alpha value is -0.730. The third kappa shape index (κ3) is 3.25. The maximum Gasteiger partial charge on any atom is 0.115 e. The fourth-order valence-electron chi connectivity index (χ4n) is 0.829. The third-order valence-corrected chi connectivity index (χ3v) is 1.37. The van der Waals surface area contributed by atoms with E-state index in [9.17, 15) is 0 Å². The molecule has 2 nitrogen and oxygen atoms in total. The molecule has 0 radical (unpaired) electrons. The molecule has 0 aliphatic rings. The van der Waals surface area contributed by atoms with Crippen molar-refractivity contribution in [1.29, 1.82) is 0 Å². The van der Waals surface area contributed by atoms with Gasteiger partial charge in [0.25, 0.3) is 0 Å². The van der Waals surface area contributed by atoms with Crippen molar-refractivity contribution in [1.82, 2.24) is 0 Å². The highest BCUT2D eigenvalue weighted by Gasteiger charge is 1.89. The monoisotopic (exact) mass is 175 g/mol. The molecule has 1 aromatic carbocycles. The summed E-state index contributed by atoms with van der Waals surface area (Å²) in [5, 5.41) is 8.89. The van der Waals surface area contributed by atoms with Crippen LogP contribution in [0.5, 0.6) is 5.75 Å². The van der Waals surface area contributed by atoms with Crippen LogP contribution in [0.1, 0.15) is 5.56 Å². The van der Waals surface area contributed by atoms with E-state index in [1.165, 1.54) is 5.56 Å². The molecule has 3 heteroatoms. The van der Waals surface area contributed by atoms with E-state index in [1.54, 1.807) is 12.1 Å². The van der Waals surface area contributed by atoms with Crippen LogP contribution >= 0.6 is 12.4 Å². The Bertz CT molecular complexity index is 198. The van der Waals surface area contributed by atoms with Gasteiger partial charge in [-0.05, 0) is 30.7 Å². The van der Waals surface area contributed by atoms with Crippen molar-refractivity contribution in [2.24, 2.45) is 5.73 Å². The van der Waals surface area contributed by atoms with E-state index in [4.69, 9.17) is 10.8 Å². The van der Waals surface area contributed by atoms with Gasteiger partial charge >= 0.3 is 0 Å². The van der Waals surface area contributed by atoms with Gasteiger partial charge in [-0.2, -0.15) is 0 Å². The average Bonchev–Trinajstić information content (AvgIpc) is 1.95. The van der Waals surface area contributed by atoms with E-state index in [1.807, 2.05) is 12.1 Å². The first-order valence-electron chi connectivity index (χ1n) is 3.31. The Morgan fingerprint density at radius 2 is 1.82 bits per heavy atom. The summed E-state index contributed by atoms with van der Waals surface area (Å²) in [5.41, 5.74) is 6.50. The molecule has 0 bridgehead atoms. The van der Waals surface area contributed by atoms with Crippen LogP contribution in [0.25, 0.3) is 0 Å². The second-order valence-corrected chi connectivity index (χ2v) is 2.21. The van der Waals surface area contributed by atoms with Gasteiger partial charge in [-0.1, -0.05) is 12.1 Å². The molecule has 11 heavy (non-hydrogen) atoms. The van der Waals surface area contributed by atoms with Gasteiger partial charge in [0.15, 0.2) is 0 Å². The van der Waals surface area contributed by atoms with Crippen LogP contribution in [-0.4, -0.2) is 11.7 Å². The number of benzene rings is 1. The van der Waals surface area contributed by atoms with Gasteiger partial charge in [-0.3, -0.25) is 0 Å². The van der Waals surface area contributed by atoms with Gasteiger partial charge in [0.05, 0.1) is 0 Å². The molecule has 0 atom stereocenters. The van der Waals surface area contributed by atoms with Gasteiger partial charge in [0, 0.05) is 0 Å². The summed E-state index contributed by atoms with van der Waals surface area (Å²) < 4.78 is 0. The standard InChI is InChI=1S/C8H11NO.ClH/c9-6-5-7-1-3-8(10)4-2-7;/h1-4,10H,5-6,9H2;1H/i6+2;. The smallest absolute Gasteiger partial charge is 0.115 e. The summed E-state index contributed by atoms with van der Waals surface area (Å²) in [7, 11) is 0. The minimum Gasteiger partial charge on any atom is -0.508 e. The maximum atomic E-state index is 8.89. The quantitative estimate of drug-likeness (QED) is 0.712. The Morgan fingerprint density at radius 1 is 1.27 bits per heavy atom. The van der Waals surface area contributed by atoms with Crippen molar-refractivity contribution in [3.63, 3.8) is 0 Å². The number of hydrogen-bond donors (Lipinski definition) is 2. The number of rotatable bonds is 2. The van der Waals surface area contributed by atoms with E-state index < -0.39 is 0 Å². The minimum absolute atomic E-state index is 0. The summed E-state index contributed by atoms with van der Waals surface area (Å²) in [4.78, 5) is 0. The summed E-state index contributed by atoms with van der Waals surface area (Å²) in [5.74, 6) is 0.306. The summed E-state index contributed by atoms with van der Waals surface area (Å²) in [6, 6.07) is 7.10. The fraction of sp³-hybridized carbons (Fsp3) is 0.250. The van der Waals surface area contributed by atoms with Gasteiger partial charge in [-0.25, -0.2) is 0 Å². The van der Waals surface area contributed by atoms with Crippen molar-refractivity contribution < 1.29 is 5.11 Å². The summed E-state index contributed by atoms with van der Waals surface area (Å²) >= 11 is 0. The lowest BCUT2D eigenvalue weighted by Gasteiger charge is -1.96. The topological polar surface area (TPSA) is 46.2 Å². The summed E-state index contributed by atoms with van der Waals surface area (Å²) in [6.07, 6.45) is 0.875. The lowest BCUT2D eigenvalue weighted by Crippen LogP contribution is -2.01. The fourth-order valence-corrected chi connectivity index (χ4v) is 0.829. The van der Waals surface area contributed by atoms with Gasteiger partial charge < -0.3 is 10.8 Å². The van der Waals surface area contributed by atoms with E-state index >= 15 is 0 Å². The zero-order valence-electron chi connectivity index (χ0n) is 6.16. The van der Waals surface area contributed by atoms with Crippen LogP contribution in [0, 0.1) is 0 Å². The molecule has 0 aromatic heterocycles. The Balaban J connectivity index is 0.000001000. The lowest BCUT2D eigenvalue weighted by atomic mass is 10.2. The summed E-state index contributed by atoms with van der Waals surface area (Å²) in [6.45, 7) is 0.658. The van der Waals surface area contributed by atoms with Crippen LogP contribution < -0.4 is 5.73 Å². The predicted octanol–water partition coefficient (Wildman–Crippen LogP) is 1.32. The first-order chi connectivity index (χ1) is 4.83. The lowest BCUT2D eigenvalue weighted by molar-refractivity contribution is 0.475. The molecule has 1 rings (SSSR count). The van der Waals surface area contributed by atoms with Crippen molar-refractivity contribution in [3.8, 4) is 5.75 Å². The average molecular weight is 176 g/mol. The van der Waals surface area contributed by atoms with E-state index in [-0.39, 0.29) is 12.4 Å². The molecule has 0 amide bonds. The van der Waals surface area contributed by atoms with Crippen molar-refractivity contribution in [2.75, 3.05) is 6.54 Å². The van der Waals surface area contributed by atoms with Crippen molar-refractivity contribution in [2.45, 2.75) is 6.42 Å². The molecule has 0 saturated heterocycles. The van der Waals surface area contributed by atoms with Crippen LogP contribution in [0.4, 0.5) is 0 Å². The van der Waals surface area contributed by atoms with Crippen LogP contribution in [0.2, 0.25) is 0 Å². The molecule has 0 aliphatic carbocycles. The van der Waals surface area contributed by atoms with E-state index in [0.29, 0.717) is 12.3 Å². The number of phenols is 1. The highest BCUT2D eigenvalue weighted by molar-refractivity contribution is 5.85. The Labute approximate surface area is 72.4 Å². The highest BCUT2D eigenvalue weighted by Crippen LogP contribution is 2.09. The van der Waals surface area contributed by atoms with Crippen molar-refractivity contribution in [3.05, 3.63) is 29.8 Å². The Morgan fingerprint density at radius 3 is 2.27 bits per heavy atom. The predicted molar refractivity (Wildman–Crippen MR) is 48.1 cm³/mol. The molecule has 0 heterocycles. The second-order valence-electron chi connectivity index (χ2n) is 2.21. The zero-order valence-corrected chi connectivity index (χ0v) is 6.97. The first-order valence-corrected chi connectivity index (χ1v) is 3.31. The SMILES string of the molecule is Cl.N[14CH2]Cc1ccc(O)cc1. The molecule has 0 spiro atoms. The van der Waals surface area contributed by atoms with Crippen LogP contribution in [0.3, 0.4) is 0 Å². The molecule has 0 fully saturated rings. The van der Waals surface area contributed by atoms with Crippen molar-refractivity contribution >= 4 is 12.4 Å². The van der Waals surface area contributed by atoms with E-state index in [0.717, 1.165) is 6.42 Å². The molecular formula is C8H12ClNO. The molecule has 1 aromatic rings. The molecule has 0 unspecified atom stereocenters. The van der Waals surface area contributed by atoms with E-state index in [2.05, 4.69) is 0 Å². The van der Waals surface area contributed by atoms with Crippen LogP contribution in [0.15, 0.2) is 24.3 Å². The number of nitrogens with two attached hydrogens (primary N) is 1. The normalized spacial score (nSPS) is 8.82. The highest BCUT2D eigenvalue weighted by atomic mass is 35.5. The zero-order chi connectivity index (χ0) is 7.40. The number of hydrogen-bond acceptors (Lipinski definition) is 2. The molecule has 0 saturated carbocycles. The molecule has 0 aliphatic heterocycles.